The van der Waals surface area contributed by atoms with E-state index < -0.39 is 6.43 Å². The summed E-state index contributed by atoms with van der Waals surface area (Å²) in [5.41, 5.74) is 1.96. The number of benzene rings is 1. The Morgan fingerprint density at radius 2 is 1.92 bits per heavy atom. The molecule has 0 radical (unpaired) electrons. The zero-order chi connectivity index (χ0) is 17.9. The molecule has 1 aliphatic carbocycles. The Bertz CT molecular complexity index is 741. The van der Waals surface area contributed by atoms with E-state index in [0.717, 1.165) is 31.7 Å². The van der Waals surface area contributed by atoms with Crippen LogP contribution in [0.1, 0.15) is 54.5 Å². The zero-order valence-electron chi connectivity index (χ0n) is 14.8. The topological polar surface area (TPSA) is 31.9 Å². The number of nitrogens with one attached hydrogen (secondary N) is 1. The predicted octanol–water partition coefficient (Wildman–Crippen LogP) is 4.89. The van der Waals surface area contributed by atoms with Crippen molar-refractivity contribution >= 4 is 0 Å². The highest BCUT2D eigenvalue weighted by molar-refractivity contribution is 5.29. The van der Waals surface area contributed by atoms with Crippen molar-refractivity contribution in [3.63, 3.8) is 0 Å². The zero-order valence-corrected chi connectivity index (χ0v) is 14.8. The van der Waals surface area contributed by atoms with Crippen molar-refractivity contribution in [3.05, 3.63) is 65.5 Å². The Morgan fingerprint density at radius 1 is 1.12 bits per heavy atom. The molecular weight excluding hydrogens is 332 g/mol. The third kappa shape index (κ3) is 3.73. The van der Waals surface area contributed by atoms with Gasteiger partial charge in [0.2, 0.25) is 0 Å². The van der Waals surface area contributed by atoms with Gasteiger partial charge in [0, 0.05) is 37.2 Å². The first-order valence-corrected chi connectivity index (χ1v) is 9.46. The highest BCUT2D eigenvalue weighted by Crippen LogP contribution is 2.40. The fraction of sp³-hybridized carbons (Fsp3) is 0.476. The lowest BCUT2D eigenvalue weighted by molar-refractivity contribution is 0.146. The van der Waals surface area contributed by atoms with Gasteiger partial charge in [-0.05, 0) is 36.8 Å². The molecule has 2 heterocycles. The lowest BCUT2D eigenvalue weighted by Crippen LogP contribution is -2.28. The number of halogens is 2. The van der Waals surface area contributed by atoms with Crippen molar-refractivity contribution in [3.8, 4) is 0 Å². The predicted molar refractivity (Wildman–Crippen MR) is 98.4 cm³/mol. The number of hydrogen-bond donors (Lipinski definition) is 1. The summed E-state index contributed by atoms with van der Waals surface area (Å²) in [6.45, 7) is 2.95. The number of nitrogens with zero attached hydrogens (tertiary/aromatic N) is 2. The second kappa shape index (κ2) is 7.70. The molecule has 0 unspecified atom stereocenters. The molecule has 1 fully saturated rings. The maximum Gasteiger partial charge on any atom is 0.282 e. The molecule has 5 heteroatoms. The maximum atomic E-state index is 13.0. The molecule has 26 heavy (non-hydrogen) atoms. The molecule has 0 spiro atoms. The highest BCUT2D eigenvalue weighted by atomic mass is 19.3. The molecule has 1 aromatic heterocycles. The SMILES string of the molecule is FC(F)c1cc([C@@H]2CN(C[C@@H]3CC=CCC3)C[C@H]2c2ccccc2)[nH]n1. The van der Waals surface area contributed by atoms with E-state index in [1.807, 2.05) is 6.07 Å². The van der Waals surface area contributed by atoms with Crippen molar-refractivity contribution in [1.29, 1.82) is 0 Å². The minimum Gasteiger partial charge on any atom is -0.302 e. The van der Waals surface area contributed by atoms with E-state index in [2.05, 4.69) is 51.5 Å². The van der Waals surface area contributed by atoms with Crippen LogP contribution in [0.4, 0.5) is 8.78 Å². The fourth-order valence-electron chi connectivity index (χ4n) is 4.43. The van der Waals surface area contributed by atoms with E-state index in [0.29, 0.717) is 11.8 Å². The van der Waals surface area contributed by atoms with E-state index in [9.17, 15) is 8.78 Å². The van der Waals surface area contributed by atoms with Crippen molar-refractivity contribution in [2.24, 2.45) is 5.92 Å². The first-order chi connectivity index (χ1) is 12.7. The van der Waals surface area contributed by atoms with Crippen LogP contribution >= 0.6 is 0 Å². The smallest absolute Gasteiger partial charge is 0.282 e. The van der Waals surface area contributed by atoms with Crippen LogP contribution in [0.3, 0.4) is 0 Å². The van der Waals surface area contributed by atoms with E-state index >= 15 is 0 Å². The van der Waals surface area contributed by atoms with Crippen LogP contribution in [-0.2, 0) is 0 Å². The van der Waals surface area contributed by atoms with Crippen LogP contribution < -0.4 is 0 Å². The number of H-pyrrole nitrogens is 1. The number of aromatic amines is 1. The lowest BCUT2D eigenvalue weighted by Gasteiger charge is -2.24. The molecule has 1 saturated heterocycles. The summed E-state index contributed by atoms with van der Waals surface area (Å²) in [7, 11) is 0. The van der Waals surface area contributed by atoms with Gasteiger partial charge in [0.15, 0.2) is 0 Å². The summed E-state index contributed by atoms with van der Waals surface area (Å²) in [4.78, 5) is 2.51. The first-order valence-electron chi connectivity index (χ1n) is 9.46. The maximum absolute atomic E-state index is 13.0. The van der Waals surface area contributed by atoms with E-state index in [4.69, 9.17) is 0 Å². The summed E-state index contributed by atoms with van der Waals surface area (Å²) in [6, 6.07) is 12.0. The summed E-state index contributed by atoms with van der Waals surface area (Å²) in [6.07, 6.45) is 5.60. The third-order valence-electron chi connectivity index (χ3n) is 5.76. The Morgan fingerprint density at radius 3 is 2.62 bits per heavy atom. The molecule has 1 aromatic carbocycles. The van der Waals surface area contributed by atoms with Crippen molar-refractivity contribution in [1.82, 2.24) is 15.1 Å². The summed E-state index contributed by atoms with van der Waals surface area (Å²) in [5, 5.41) is 6.71. The molecule has 0 bridgehead atoms. The number of rotatable bonds is 5. The van der Waals surface area contributed by atoms with Gasteiger partial charge in [0.05, 0.1) is 0 Å². The molecule has 3 atom stereocenters. The van der Waals surface area contributed by atoms with Gasteiger partial charge in [-0.2, -0.15) is 5.10 Å². The fourth-order valence-corrected chi connectivity index (χ4v) is 4.43. The van der Waals surface area contributed by atoms with Gasteiger partial charge in [-0.15, -0.1) is 0 Å². The normalized spacial score (nSPS) is 26.7. The van der Waals surface area contributed by atoms with Gasteiger partial charge >= 0.3 is 0 Å². The number of aromatic nitrogens is 2. The standard InChI is InChI=1S/C21H25F2N3/c22-21(23)20-11-19(24-25-20)18-14-26(12-15-7-3-1-4-8-15)13-17(18)16-9-5-2-6-10-16/h1-3,5-6,9-11,15,17-18,21H,4,7-8,12-14H2,(H,24,25)/t15-,17+,18-/m1/s1. The second-order valence-electron chi connectivity index (χ2n) is 7.54. The molecule has 3 nitrogen and oxygen atoms in total. The number of hydrogen-bond acceptors (Lipinski definition) is 2. The Balaban J connectivity index is 1.55. The van der Waals surface area contributed by atoms with Gasteiger partial charge in [-0.25, -0.2) is 8.78 Å². The number of alkyl halides is 2. The molecule has 0 saturated carbocycles. The Hall–Kier alpha value is -2.01. The summed E-state index contributed by atoms with van der Waals surface area (Å²) < 4.78 is 25.9. The number of allylic oxidation sites excluding steroid dienone is 2. The van der Waals surface area contributed by atoms with Gasteiger partial charge in [-0.3, -0.25) is 5.10 Å². The molecule has 0 amide bonds. The van der Waals surface area contributed by atoms with Crippen LogP contribution in [0, 0.1) is 5.92 Å². The quantitative estimate of drug-likeness (QED) is 0.773. The van der Waals surface area contributed by atoms with E-state index in [-0.39, 0.29) is 11.6 Å². The van der Waals surface area contributed by atoms with Crippen LogP contribution in [0.25, 0.3) is 0 Å². The van der Waals surface area contributed by atoms with Crippen LogP contribution in [0.2, 0.25) is 0 Å². The first kappa shape index (κ1) is 17.4. The van der Waals surface area contributed by atoms with E-state index in [1.54, 1.807) is 6.07 Å². The van der Waals surface area contributed by atoms with Crippen molar-refractivity contribution in [2.75, 3.05) is 19.6 Å². The van der Waals surface area contributed by atoms with Crippen molar-refractivity contribution in [2.45, 2.75) is 37.5 Å². The van der Waals surface area contributed by atoms with Gasteiger partial charge in [-0.1, -0.05) is 42.5 Å². The average molecular weight is 357 g/mol. The Kier molecular flexibility index (Phi) is 5.16. The van der Waals surface area contributed by atoms with Crippen LogP contribution in [-0.4, -0.2) is 34.7 Å². The molecule has 138 valence electrons. The van der Waals surface area contributed by atoms with Crippen LogP contribution in [0.5, 0.6) is 0 Å². The second-order valence-corrected chi connectivity index (χ2v) is 7.54. The van der Waals surface area contributed by atoms with Gasteiger partial charge < -0.3 is 4.90 Å². The molecule has 1 N–H and O–H groups in total. The highest BCUT2D eigenvalue weighted by Gasteiger charge is 2.37. The molecule has 2 aromatic rings. The Labute approximate surface area is 153 Å². The van der Waals surface area contributed by atoms with Gasteiger partial charge in [0.25, 0.3) is 6.43 Å². The largest absolute Gasteiger partial charge is 0.302 e. The molecule has 2 aliphatic rings. The molecule has 1 aliphatic heterocycles. The third-order valence-corrected chi connectivity index (χ3v) is 5.76. The average Bonchev–Trinajstić information content (AvgIpc) is 3.30. The molecule has 4 rings (SSSR count). The minimum atomic E-state index is -2.53. The summed E-state index contributed by atoms with van der Waals surface area (Å²) >= 11 is 0. The monoisotopic (exact) mass is 357 g/mol. The summed E-state index contributed by atoms with van der Waals surface area (Å²) in [5.74, 6) is 1.19. The minimum absolute atomic E-state index is 0.150. The lowest BCUT2D eigenvalue weighted by atomic mass is 9.87. The van der Waals surface area contributed by atoms with E-state index in [1.165, 1.54) is 18.4 Å². The molecular formula is C21H25F2N3. The van der Waals surface area contributed by atoms with Crippen LogP contribution in [0.15, 0.2) is 48.6 Å². The van der Waals surface area contributed by atoms with Crippen molar-refractivity contribution < 1.29 is 8.78 Å². The van der Waals surface area contributed by atoms with Gasteiger partial charge in [0.1, 0.15) is 5.69 Å². The number of likely N-dealkylation sites (tertiary alicyclic amines) is 1.